The Kier molecular flexibility index (Phi) is 8.94. The maximum Gasteiger partial charge on any atom is 0.319 e. The van der Waals surface area contributed by atoms with E-state index in [-0.39, 0.29) is 29.8 Å². The van der Waals surface area contributed by atoms with Gasteiger partial charge in [-0.2, -0.15) is 0 Å². The van der Waals surface area contributed by atoms with E-state index in [1.807, 2.05) is 30.5 Å². The molecule has 2 fully saturated rings. The van der Waals surface area contributed by atoms with Gasteiger partial charge in [0.15, 0.2) is 23.5 Å². The number of anilines is 2. The van der Waals surface area contributed by atoms with Crippen molar-refractivity contribution < 1.29 is 19.0 Å². The van der Waals surface area contributed by atoms with E-state index in [4.69, 9.17) is 19.9 Å². The van der Waals surface area contributed by atoms with Gasteiger partial charge in [0.2, 0.25) is 0 Å². The van der Waals surface area contributed by atoms with Gasteiger partial charge in [-0.1, -0.05) is 32.9 Å². The number of nitrogens with two attached hydrogens (primary N) is 1. The molecule has 12 nitrogen and oxygen atoms in total. The van der Waals surface area contributed by atoms with Gasteiger partial charge < -0.3 is 30.6 Å². The van der Waals surface area contributed by atoms with Crippen molar-refractivity contribution in [2.24, 2.45) is 0 Å². The molecule has 234 valence electrons. The number of carbonyl (C=O) groups excluding carboxylic acids is 1. The standard InChI is InChI=1S/C31H46N8O4/c1-19(2)38(15-9-8-14-33-29(40)37-21-12-10-20(11-13-21)30(3,4)5)16-22-24-25(43-31(6,7)42-24)28(41-22)39-18-36-23-26(32)34-17-35-27(23)39/h10-13,17-19,22,24-25,28H,8-9,14-16H2,1-7H3,(H2,32,34,35)(H2,33,37,40). The van der Waals surface area contributed by atoms with Crippen LogP contribution in [-0.2, 0) is 19.6 Å². The molecule has 3 aromatic rings. The fourth-order valence-corrected chi connectivity index (χ4v) is 5.75. The molecule has 2 aliphatic heterocycles. The second-order valence-electron chi connectivity index (χ2n) is 13.2. The molecule has 2 amide bonds. The summed E-state index contributed by atoms with van der Waals surface area (Å²) in [4.78, 5) is 27.7. The number of rotatable bonds is 10. The Morgan fingerprint density at radius 1 is 1.09 bits per heavy atom. The lowest BCUT2D eigenvalue weighted by atomic mass is 9.87. The monoisotopic (exact) mass is 594 g/mol. The zero-order chi connectivity index (χ0) is 30.9. The van der Waals surface area contributed by atoms with Gasteiger partial charge in [0.1, 0.15) is 30.2 Å². The van der Waals surface area contributed by atoms with Gasteiger partial charge in [-0.15, -0.1) is 0 Å². The third-order valence-electron chi connectivity index (χ3n) is 8.10. The molecule has 4 heterocycles. The summed E-state index contributed by atoms with van der Waals surface area (Å²) in [5.74, 6) is -0.407. The van der Waals surface area contributed by atoms with Crippen molar-refractivity contribution in [2.45, 2.75) is 103 Å². The maximum atomic E-state index is 12.4. The minimum atomic E-state index is -0.733. The number of unbranched alkanes of at least 4 members (excludes halogenated alkanes) is 1. The largest absolute Gasteiger partial charge is 0.382 e. The minimum absolute atomic E-state index is 0.0752. The number of carbonyl (C=O) groups is 1. The zero-order valence-corrected chi connectivity index (χ0v) is 26.3. The van der Waals surface area contributed by atoms with Gasteiger partial charge in [-0.3, -0.25) is 9.47 Å². The van der Waals surface area contributed by atoms with Gasteiger partial charge in [0.25, 0.3) is 0 Å². The van der Waals surface area contributed by atoms with E-state index in [1.165, 1.54) is 11.9 Å². The quantitative estimate of drug-likeness (QED) is 0.291. The molecule has 0 aliphatic carbocycles. The molecule has 0 radical (unpaired) electrons. The fourth-order valence-electron chi connectivity index (χ4n) is 5.75. The lowest BCUT2D eigenvalue weighted by Crippen LogP contribution is -2.43. The number of aromatic nitrogens is 4. The topological polar surface area (TPSA) is 142 Å². The van der Waals surface area contributed by atoms with E-state index in [0.29, 0.717) is 36.1 Å². The van der Waals surface area contributed by atoms with Crippen LogP contribution >= 0.6 is 0 Å². The van der Waals surface area contributed by atoms with E-state index in [2.05, 4.69) is 77.2 Å². The normalized spacial score (nSPS) is 23.3. The summed E-state index contributed by atoms with van der Waals surface area (Å²) >= 11 is 0. The van der Waals surface area contributed by atoms with Crippen LogP contribution in [0.2, 0.25) is 0 Å². The number of hydrogen-bond acceptors (Lipinski definition) is 9. The molecular formula is C31H46N8O4. The molecule has 4 atom stereocenters. The molecule has 0 bridgehead atoms. The van der Waals surface area contributed by atoms with Gasteiger partial charge >= 0.3 is 6.03 Å². The number of amides is 2. The Morgan fingerprint density at radius 3 is 2.51 bits per heavy atom. The summed E-state index contributed by atoms with van der Waals surface area (Å²) in [5.41, 5.74) is 9.25. The summed E-state index contributed by atoms with van der Waals surface area (Å²) in [7, 11) is 0. The fraction of sp³-hybridized carbons (Fsp3) is 0.613. The van der Waals surface area contributed by atoms with Crippen molar-refractivity contribution in [3.63, 3.8) is 0 Å². The Bertz CT molecular complexity index is 1400. The number of imidazole rings is 1. The molecule has 2 aliphatic rings. The van der Waals surface area contributed by atoms with Crippen molar-refractivity contribution >= 4 is 28.7 Å². The number of nitrogens with zero attached hydrogens (tertiary/aromatic N) is 5. The number of fused-ring (bicyclic) bond motifs is 2. The van der Waals surface area contributed by atoms with E-state index < -0.39 is 12.0 Å². The van der Waals surface area contributed by atoms with Crippen molar-refractivity contribution in [3.05, 3.63) is 42.5 Å². The van der Waals surface area contributed by atoms with E-state index in [9.17, 15) is 4.79 Å². The molecule has 5 rings (SSSR count). The second-order valence-corrected chi connectivity index (χ2v) is 13.2. The number of urea groups is 1. The summed E-state index contributed by atoms with van der Waals surface area (Å²) in [6, 6.07) is 8.10. The Labute approximate surface area is 253 Å². The minimum Gasteiger partial charge on any atom is -0.382 e. The van der Waals surface area contributed by atoms with Crippen LogP contribution in [0.15, 0.2) is 36.9 Å². The molecule has 0 saturated carbocycles. The first-order valence-electron chi connectivity index (χ1n) is 15.2. The van der Waals surface area contributed by atoms with Crippen LogP contribution in [0.1, 0.15) is 73.1 Å². The van der Waals surface area contributed by atoms with Crippen LogP contribution in [0.4, 0.5) is 16.3 Å². The number of nitrogen functional groups attached to an aromatic ring is 1. The van der Waals surface area contributed by atoms with Crippen LogP contribution in [0.25, 0.3) is 11.2 Å². The molecule has 2 aromatic heterocycles. The summed E-state index contributed by atoms with van der Waals surface area (Å²) in [6.45, 7) is 16.9. The van der Waals surface area contributed by atoms with Gasteiger partial charge in [-0.05, 0) is 70.2 Å². The van der Waals surface area contributed by atoms with Crippen LogP contribution in [0.5, 0.6) is 0 Å². The first-order valence-corrected chi connectivity index (χ1v) is 15.2. The molecule has 12 heteroatoms. The zero-order valence-electron chi connectivity index (χ0n) is 26.3. The summed E-state index contributed by atoms with van der Waals surface area (Å²) in [6.07, 6.45) is 3.64. The maximum absolute atomic E-state index is 12.4. The van der Waals surface area contributed by atoms with Crippen molar-refractivity contribution in [2.75, 3.05) is 30.7 Å². The lowest BCUT2D eigenvalue weighted by molar-refractivity contribution is -0.198. The highest BCUT2D eigenvalue weighted by Crippen LogP contribution is 2.44. The average Bonchev–Trinajstić information content (AvgIpc) is 3.59. The number of hydrogen-bond donors (Lipinski definition) is 3. The average molecular weight is 595 g/mol. The van der Waals surface area contributed by atoms with Gasteiger partial charge in [0, 0.05) is 24.8 Å². The molecular weight excluding hydrogens is 548 g/mol. The summed E-state index contributed by atoms with van der Waals surface area (Å²) < 4.78 is 21.1. The third kappa shape index (κ3) is 7.09. The Balaban J connectivity index is 1.14. The first-order chi connectivity index (χ1) is 20.3. The highest BCUT2D eigenvalue weighted by molar-refractivity contribution is 5.89. The SMILES string of the molecule is CC(C)N(CCCCNC(=O)Nc1ccc(C(C)(C)C)cc1)CC1OC(n2cnc3c(N)ncnc32)C2OC(C)(C)OC12. The van der Waals surface area contributed by atoms with E-state index >= 15 is 0 Å². The molecule has 43 heavy (non-hydrogen) atoms. The third-order valence-corrected chi connectivity index (χ3v) is 8.10. The summed E-state index contributed by atoms with van der Waals surface area (Å²) in [5, 5.41) is 5.89. The number of ether oxygens (including phenoxy) is 3. The van der Waals surface area contributed by atoms with Gasteiger partial charge in [0.05, 0.1) is 6.33 Å². The number of nitrogens with one attached hydrogen (secondary N) is 2. The predicted octanol–water partition coefficient (Wildman–Crippen LogP) is 4.44. The second kappa shape index (κ2) is 12.4. The molecule has 0 spiro atoms. The molecule has 4 unspecified atom stereocenters. The van der Waals surface area contributed by atoms with Crippen LogP contribution < -0.4 is 16.4 Å². The van der Waals surface area contributed by atoms with E-state index in [1.54, 1.807) is 6.33 Å². The van der Waals surface area contributed by atoms with Crippen LogP contribution in [0.3, 0.4) is 0 Å². The number of benzene rings is 1. The van der Waals surface area contributed by atoms with Crippen molar-refractivity contribution in [1.29, 1.82) is 0 Å². The molecule has 4 N–H and O–H groups in total. The highest BCUT2D eigenvalue weighted by Gasteiger charge is 2.56. The lowest BCUT2D eigenvalue weighted by Gasteiger charge is -2.31. The Morgan fingerprint density at radius 2 is 1.81 bits per heavy atom. The molecule has 1 aromatic carbocycles. The van der Waals surface area contributed by atoms with Gasteiger partial charge in [-0.25, -0.2) is 19.7 Å². The highest BCUT2D eigenvalue weighted by atomic mass is 16.8. The van der Waals surface area contributed by atoms with Crippen LogP contribution in [0, 0.1) is 0 Å². The predicted molar refractivity (Wildman–Crippen MR) is 166 cm³/mol. The van der Waals surface area contributed by atoms with Crippen molar-refractivity contribution in [1.82, 2.24) is 29.7 Å². The first kappa shape index (κ1) is 31.1. The molecule has 2 saturated heterocycles. The van der Waals surface area contributed by atoms with Crippen molar-refractivity contribution in [3.8, 4) is 0 Å². The smallest absolute Gasteiger partial charge is 0.319 e. The van der Waals surface area contributed by atoms with E-state index in [0.717, 1.165) is 25.1 Å². The van der Waals surface area contributed by atoms with Crippen LogP contribution in [-0.4, -0.2) is 80.2 Å². The Hall–Kier alpha value is -3.32.